The number of nitrogens with one attached hydrogen (secondary N) is 2. The number of aliphatic hydroxyl groups is 2. The van der Waals surface area contributed by atoms with E-state index in [1.165, 1.54) is 98.8 Å². The molecule has 6 rings (SSSR count). The van der Waals surface area contributed by atoms with Crippen molar-refractivity contribution in [2.24, 2.45) is 5.41 Å². The highest BCUT2D eigenvalue weighted by Gasteiger charge is 2.49. The Morgan fingerprint density at radius 1 is 0.566 bits per heavy atom. The molecule has 4 aromatic carbocycles. The van der Waals surface area contributed by atoms with Crippen LogP contribution in [0.4, 0.5) is 52.7 Å². The molecule has 8 N–H and O–H groups in total. The Morgan fingerprint density at radius 2 is 0.868 bits per heavy atom. The van der Waals surface area contributed by atoms with Gasteiger partial charge in [0, 0.05) is 32.1 Å². The molecule has 0 amide bonds. The molecule has 0 aromatic heterocycles. The Labute approximate surface area is 437 Å². The lowest BCUT2D eigenvalue weighted by Gasteiger charge is -2.30. The Hall–Kier alpha value is -5.75. The van der Waals surface area contributed by atoms with Gasteiger partial charge in [0.25, 0.3) is 12.9 Å². The molecule has 2 aliphatic carbocycles. The highest BCUT2D eigenvalue weighted by atomic mass is 35.5. The summed E-state index contributed by atoms with van der Waals surface area (Å²) < 4.78 is 162. The van der Waals surface area contributed by atoms with Crippen LogP contribution in [0.15, 0.2) is 97.1 Å². The van der Waals surface area contributed by atoms with Crippen LogP contribution in [0.5, 0.6) is 0 Å². The van der Waals surface area contributed by atoms with E-state index in [0.29, 0.717) is 35.1 Å². The first-order chi connectivity index (χ1) is 34.6. The fourth-order valence-corrected chi connectivity index (χ4v) is 7.59. The predicted molar refractivity (Wildman–Crippen MR) is 252 cm³/mol. The molecule has 0 saturated heterocycles. The summed E-state index contributed by atoms with van der Waals surface area (Å²) in [5, 5.41) is 49.8. The summed E-state index contributed by atoms with van der Waals surface area (Å²) in [4.78, 5) is 24.2. The molecule has 23 heteroatoms. The first-order valence-electron chi connectivity index (χ1n) is 23.4. The molecule has 4 aromatic rings. The van der Waals surface area contributed by atoms with Crippen molar-refractivity contribution in [2.75, 3.05) is 0 Å². The van der Waals surface area contributed by atoms with Gasteiger partial charge in [-0.1, -0.05) is 97.1 Å². The number of Topliss-reactive ketones (excluding diaryl/α,β-unsaturated/α-hetero) is 1. The molecule has 0 aliphatic heterocycles. The molecule has 76 heavy (non-hydrogen) atoms. The maximum atomic E-state index is 14.4. The average molecular weight is 1110 g/mol. The zero-order valence-corrected chi connectivity index (χ0v) is 42.2. The number of ketones is 1. The normalized spacial score (nSPS) is 17.1. The van der Waals surface area contributed by atoms with Crippen LogP contribution < -0.4 is 28.8 Å². The molecular weight excluding hydrogens is 1050 g/mol. The van der Waals surface area contributed by atoms with Gasteiger partial charge in [0.15, 0.2) is 11.3 Å². The monoisotopic (exact) mass is 1110 g/mol. The number of hydrogen-bond acceptors (Lipinski definition) is 8. The fourth-order valence-electron chi connectivity index (χ4n) is 7.59. The minimum Gasteiger partial charge on any atom is -1.00 e. The predicted octanol–water partition coefficient (Wildman–Crippen LogP) is 8.34. The highest BCUT2D eigenvalue weighted by Crippen LogP contribution is 2.49. The minimum atomic E-state index is -4.84. The summed E-state index contributed by atoms with van der Waals surface area (Å²) in [6, 6.07) is 17.6. The van der Waals surface area contributed by atoms with E-state index in [-0.39, 0.29) is 46.6 Å². The van der Waals surface area contributed by atoms with Gasteiger partial charge in [-0.15, -0.1) is 0 Å². The van der Waals surface area contributed by atoms with Crippen molar-refractivity contribution in [3.8, 4) is 34.4 Å². The lowest BCUT2D eigenvalue weighted by molar-refractivity contribution is -0.417. The number of quaternary nitrogens is 1. The van der Waals surface area contributed by atoms with Crippen LogP contribution in [0, 0.1) is 28.1 Å². The van der Waals surface area contributed by atoms with Crippen molar-refractivity contribution in [1.29, 1.82) is 10.5 Å². The van der Waals surface area contributed by atoms with Crippen LogP contribution in [0.3, 0.4) is 0 Å². The number of carbonyl (C=O) groups is 2. The van der Waals surface area contributed by atoms with Crippen molar-refractivity contribution in [3.05, 3.63) is 119 Å². The van der Waals surface area contributed by atoms with E-state index in [1.807, 2.05) is 11.4 Å². The third kappa shape index (κ3) is 19.7. The van der Waals surface area contributed by atoms with Crippen LogP contribution >= 0.6 is 0 Å². The van der Waals surface area contributed by atoms with E-state index in [4.69, 9.17) is 5.26 Å². The van der Waals surface area contributed by atoms with Crippen molar-refractivity contribution < 1.29 is 95.7 Å². The summed E-state index contributed by atoms with van der Waals surface area (Å²) in [5.74, 6) is -2.24. The number of aliphatic carboxylic acids is 1. The quantitative estimate of drug-likeness (QED) is 0.0472. The molecule has 6 atom stereocenters. The van der Waals surface area contributed by atoms with Gasteiger partial charge in [-0.2, -0.15) is 36.9 Å². The number of carbonyl (C=O) groups excluding carboxylic acids is 1. The van der Waals surface area contributed by atoms with Gasteiger partial charge in [-0.25, -0.2) is 26.3 Å². The van der Waals surface area contributed by atoms with Gasteiger partial charge < -0.3 is 33.5 Å². The number of halogens is 13. The third-order valence-corrected chi connectivity index (χ3v) is 12.3. The second-order valence-corrected chi connectivity index (χ2v) is 20.0. The van der Waals surface area contributed by atoms with E-state index in [9.17, 15) is 82.9 Å². The van der Waals surface area contributed by atoms with Gasteiger partial charge in [0.05, 0.1) is 17.5 Å². The molecular formula is C53H58ClF12N5O5. The molecule has 2 aliphatic rings. The van der Waals surface area contributed by atoms with Crippen molar-refractivity contribution in [1.82, 2.24) is 10.6 Å². The highest BCUT2D eigenvalue weighted by molar-refractivity contribution is 5.85. The molecule has 0 radical (unpaired) electrons. The first kappa shape index (κ1) is 64.5. The number of benzene rings is 4. The molecule has 0 spiro atoms. The summed E-state index contributed by atoms with van der Waals surface area (Å²) >= 11 is 0. The van der Waals surface area contributed by atoms with Crippen LogP contribution in [0.1, 0.15) is 119 Å². The molecule has 2 fully saturated rings. The zero-order chi connectivity index (χ0) is 56.5. The van der Waals surface area contributed by atoms with Crippen LogP contribution in [0.25, 0.3) is 22.3 Å². The number of carboxylic acids is 1. The number of rotatable bonds is 20. The van der Waals surface area contributed by atoms with Gasteiger partial charge in [0.2, 0.25) is 0 Å². The minimum absolute atomic E-state index is 0. The largest absolute Gasteiger partial charge is 1.00 e. The second kappa shape index (κ2) is 26.1. The zero-order valence-electron chi connectivity index (χ0n) is 41.5. The Balaban J connectivity index is 0.000000358. The maximum absolute atomic E-state index is 14.4. The Bertz CT molecular complexity index is 2590. The Kier molecular flexibility index (Phi) is 22.1. The Morgan fingerprint density at radius 3 is 1.09 bits per heavy atom. The molecule has 2 saturated carbocycles. The van der Waals surface area contributed by atoms with Gasteiger partial charge >= 0.3 is 18.3 Å². The summed E-state index contributed by atoms with van der Waals surface area (Å²) in [5.41, 5.74) is 0.245. The van der Waals surface area contributed by atoms with Crippen molar-refractivity contribution in [2.45, 2.75) is 151 Å². The fraction of sp³-hybridized carbons (Fsp3) is 0.472. The molecule has 0 heterocycles. The molecule has 0 bridgehead atoms. The van der Waals surface area contributed by atoms with Crippen molar-refractivity contribution in [3.63, 3.8) is 0 Å². The second-order valence-electron chi connectivity index (χ2n) is 20.0. The number of hydrogen-bond donors (Lipinski definition) is 6. The SMILES string of the molecule is CC(C)(F)C[C@H](N[C@@H](c1ccc(-c2ccc([C@@H](O)C(F)F)cc2)cc1)C(F)(F)F)C(=O)CC1(C#N)CC1.CC(C)(F)C[C@H](N[C@@H](c1ccc(-c2ccc([C@@H](O)C(F)F)cc2)cc1)C(F)(F)F)C(=O)O.N#CC1([NH3+])CC1.[Cl-]. The van der Waals surface area contributed by atoms with Crippen LogP contribution in [-0.2, 0) is 9.59 Å². The maximum Gasteiger partial charge on any atom is 0.407 e. The lowest BCUT2D eigenvalue weighted by atomic mass is 9.90. The molecule has 0 unspecified atom stereocenters. The topological polar surface area (TPSA) is 194 Å². The molecule has 10 nitrogen and oxygen atoms in total. The smallest absolute Gasteiger partial charge is 0.407 e. The van der Waals surface area contributed by atoms with Gasteiger partial charge in [-0.05, 0) is 85.0 Å². The van der Waals surface area contributed by atoms with Crippen LogP contribution in [0.2, 0.25) is 0 Å². The molecule has 416 valence electrons. The van der Waals surface area contributed by atoms with Crippen LogP contribution in [-0.4, -0.2) is 81.2 Å². The average Bonchev–Trinajstić information content (AvgIpc) is 4.27. The summed E-state index contributed by atoms with van der Waals surface area (Å²) in [6.07, 6.45) is -17.9. The lowest BCUT2D eigenvalue weighted by Crippen LogP contribution is -3.00. The van der Waals surface area contributed by atoms with E-state index in [0.717, 1.165) is 38.8 Å². The van der Waals surface area contributed by atoms with E-state index >= 15 is 0 Å². The first-order valence-corrected chi connectivity index (χ1v) is 23.4. The summed E-state index contributed by atoms with van der Waals surface area (Å²) in [6.45, 7) is 4.51. The van der Waals surface area contributed by atoms with E-state index < -0.39 is 103 Å². The number of nitriles is 2. The van der Waals surface area contributed by atoms with Gasteiger partial charge in [0.1, 0.15) is 47.7 Å². The number of alkyl halides is 12. The van der Waals surface area contributed by atoms with Gasteiger partial charge in [-0.3, -0.25) is 20.2 Å². The standard InChI is InChI=1S/C27H28F6N2O2.C22H23F6NO3.C4H6N2.ClH/c1-25(2,30)13-20(21(36)14-26(15-34)11-12-26)35-23(27(31,32)33)19-9-5-17(6-10-19)16-3-7-18(8-4-16)22(37)24(28)29;1-21(2,25)11-16(20(31)32)29-18(22(26,27)28)15-9-5-13(6-10-15)12-3-7-14(8-4-12)17(30)19(23)24;5-3-4(6)1-2-4;/h3-10,20,22-24,35,37H,11-14H2,1-2H3;3-10,16-19,29-30H,11H2,1-2H3,(H,31,32);1-2,6H2;1H/t20-,22+,23-;16-,17+,18-;;/m00../s1. The van der Waals surface area contributed by atoms with Crippen molar-refractivity contribution >= 4 is 11.8 Å². The van der Waals surface area contributed by atoms with E-state index in [1.54, 1.807) is 0 Å². The number of aliphatic hydroxyl groups excluding tert-OH is 2. The number of carboxylic acid groups (broad SMARTS) is 1. The third-order valence-electron chi connectivity index (χ3n) is 12.3. The van der Waals surface area contributed by atoms with E-state index in [2.05, 4.69) is 17.1 Å². The summed E-state index contributed by atoms with van der Waals surface area (Å²) in [7, 11) is 0. The number of nitrogens with zero attached hydrogens (tertiary/aromatic N) is 2.